The zero-order valence-corrected chi connectivity index (χ0v) is 21.0. The Morgan fingerprint density at radius 1 is 0.861 bits per heavy atom. The Morgan fingerprint density at radius 3 is 2.39 bits per heavy atom. The van der Waals surface area contributed by atoms with Crippen LogP contribution < -0.4 is 4.90 Å². The third-order valence-corrected chi connectivity index (χ3v) is 8.17. The van der Waals surface area contributed by atoms with E-state index in [4.69, 9.17) is 9.97 Å². The predicted molar refractivity (Wildman–Crippen MR) is 142 cm³/mol. The van der Waals surface area contributed by atoms with Gasteiger partial charge in [0.2, 0.25) is 5.95 Å². The van der Waals surface area contributed by atoms with Crippen molar-refractivity contribution in [3.63, 3.8) is 0 Å². The molecule has 1 saturated carbocycles. The monoisotopic (exact) mass is 481 g/mol. The van der Waals surface area contributed by atoms with E-state index < -0.39 is 0 Å². The zero-order valence-electron chi connectivity index (χ0n) is 21.0. The SMILES string of the molecule is O=C(c1ccccc1Cc1ccccc1)N1CCc2cnc(N3CCN(C4CCC4)CC3)nc2CC1. The first kappa shape index (κ1) is 23.2. The van der Waals surface area contributed by atoms with E-state index in [2.05, 4.69) is 40.1 Å². The summed E-state index contributed by atoms with van der Waals surface area (Å²) in [5.41, 5.74) is 5.40. The molecule has 0 N–H and O–H groups in total. The number of fused-ring (bicyclic) bond motifs is 1. The predicted octanol–water partition coefficient (Wildman–Crippen LogP) is 3.98. The summed E-state index contributed by atoms with van der Waals surface area (Å²) in [7, 11) is 0. The molecular formula is C30H35N5O. The van der Waals surface area contributed by atoms with Gasteiger partial charge < -0.3 is 9.80 Å². The van der Waals surface area contributed by atoms with E-state index in [1.807, 2.05) is 35.4 Å². The highest BCUT2D eigenvalue weighted by Gasteiger charge is 2.29. The number of hydrogen-bond acceptors (Lipinski definition) is 5. The van der Waals surface area contributed by atoms with Gasteiger partial charge in [0.1, 0.15) is 0 Å². The Kier molecular flexibility index (Phi) is 6.69. The van der Waals surface area contributed by atoms with Crippen molar-refractivity contribution in [3.05, 3.63) is 88.7 Å². The van der Waals surface area contributed by atoms with E-state index in [0.29, 0.717) is 13.1 Å². The largest absolute Gasteiger partial charge is 0.338 e. The number of amides is 1. The number of anilines is 1. The number of hydrogen-bond donors (Lipinski definition) is 0. The third kappa shape index (κ3) is 4.87. The molecule has 6 rings (SSSR count). The van der Waals surface area contributed by atoms with Crippen LogP contribution in [0.15, 0.2) is 60.8 Å². The molecule has 0 spiro atoms. The maximum absolute atomic E-state index is 13.6. The summed E-state index contributed by atoms with van der Waals surface area (Å²) in [6.07, 6.45) is 8.46. The molecule has 1 aromatic heterocycles. The van der Waals surface area contributed by atoms with Crippen LogP contribution in [-0.4, -0.2) is 71.0 Å². The van der Waals surface area contributed by atoms with Crippen molar-refractivity contribution >= 4 is 11.9 Å². The number of benzene rings is 2. The van der Waals surface area contributed by atoms with Crippen LogP contribution in [0.2, 0.25) is 0 Å². The number of piperazine rings is 1. The van der Waals surface area contributed by atoms with Gasteiger partial charge in [-0.15, -0.1) is 0 Å². The van der Waals surface area contributed by atoms with E-state index in [9.17, 15) is 4.79 Å². The number of aromatic nitrogens is 2. The van der Waals surface area contributed by atoms with E-state index in [1.54, 1.807) is 0 Å². The molecule has 0 bridgehead atoms. The highest BCUT2D eigenvalue weighted by Crippen LogP contribution is 2.27. The zero-order chi connectivity index (χ0) is 24.3. The lowest BCUT2D eigenvalue weighted by Crippen LogP contribution is -2.52. The second-order valence-corrected chi connectivity index (χ2v) is 10.4. The van der Waals surface area contributed by atoms with Gasteiger partial charge in [-0.05, 0) is 48.4 Å². The summed E-state index contributed by atoms with van der Waals surface area (Å²) < 4.78 is 0. The lowest BCUT2D eigenvalue weighted by molar-refractivity contribution is 0.0762. The van der Waals surface area contributed by atoms with Crippen LogP contribution in [0.1, 0.15) is 52.0 Å². The highest BCUT2D eigenvalue weighted by molar-refractivity contribution is 5.96. The maximum Gasteiger partial charge on any atom is 0.254 e. The lowest BCUT2D eigenvalue weighted by atomic mass is 9.91. The van der Waals surface area contributed by atoms with Gasteiger partial charge in [0.05, 0.1) is 5.69 Å². The number of nitrogens with zero attached hydrogens (tertiary/aromatic N) is 5. The van der Waals surface area contributed by atoms with Crippen LogP contribution in [0, 0.1) is 0 Å². The van der Waals surface area contributed by atoms with Crippen molar-refractivity contribution in [2.75, 3.05) is 44.2 Å². The molecule has 1 saturated heterocycles. The summed E-state index contributed by atoms with van der Waals surface area (Å²) in [6, 6.07) is 19.2. The topological polar surface area (TPSA) is 52.6 Å². The van der Waals surface area contributed by atoms with E-state index >= 15 is 0 Å². The summed E-state index contributed by atoms with van der Waals surface area (Å²) in [6.45, 7) is 5.60. The Morgan fingerprint density at radius 2 is 1.61 bits per heavy atom. The molecule has 186 valence electrons. The van der Waals surface area contributed by atoms with Gasteiger partial charge >= 0.3 is 0 Å². The Balaban J connectivity index is 1.12. The molecule has 2 aliphatic heterocycles. The van der Waals surface area contributed by atoms with Crippen LogP contribution in [-0.2, 0) is 19.3 Å². The first-order valence-electron chi connectivity index (χ1n) is 13.5. The van der Waals surface area contributed by atoms with Gasteiger partial charge in [-0.2, -0.15) is 0 Å². The van der Waals surface area contributed by atoms with Gasteiger partial charge in [-0.1, -0.05) is 55.0 Å². The molecule has 3 heterocycles. The standard InChI is InChI=1S/C30H35N5O/c36-29(27-12-5-4-9-24(27)21-23-7-2-1-3-8-23)34-15-13-25-22-31-30(32-28(25)14-16-34)35-19-17-33(18-20-35)26-10-6-11-26/h1-5,7-9,12,22,26H,6,10-11,13-21H2. The average Bonchev–Trinajstić information content (AvgIpc) is 3.11. The van der Waals surface area contributed by atoms with Gasteiger partial charge in [0.15, 0.2) is 0 Å². The van der Waals surface area contributed by atoms with Gasteiger partial charge in [0, 0.05) is 63.5 Å². The van der Waals surface area contributed by atoms with Crippen LogP contribution in [0.25, 0.3) is 0 Å². The number of rotatable bonds is 5. The molecule has 1 amide bonds. The lowest BCUT2D eigenvalue weighted by Gasteiger charge is -2.43. The Bertz CT molecular complexity index is 1200. The van der Waals surface area contributed by atoms with Crippen molar-refractivity contribution in [2.45, 2.75) is 44.6 Å². The van der Waals surface area contributed by atoms with Gasteiger partial charge in [-0.3, -0.25) is 9.69 Å². The fourth-order valence-corrected chi connectivity index (χ4v) is 5.73. The first-order chi connectivity index (χ1) is 17.7. The quantitative estimate of drug-likeness (QED) is 0.552. The van der Waals surface area contributed by atoms with Crippen molar-refractivity contribution in [1.29, 1.82) is 0 Å². The Labute approximate surface area is 214 Å². The average molecular weight is 482 g/mol. The van der Waals surface area contributed by atoms with Crippen molar-refractivity contribution < 1.29 is 4.79 Å². The summed E-state index contributed by atoms with van der Waals surface area (Å²) in [5.74, 6) is 0.977. The molecule has 36 heavy (non-hydrogen) atoms. The molecule has 2 fully saturated rings. The summed E-state index contributed by atoms with van der Waals surface area (Å²) >= 11 is 0. The van der Waals surface area contributed by atoms with Gasteiger partial charge in [0.25, 0.3) is 5.91 Å². The minimum absolute atomic E-state index is 0.120. The molecule has 0 radical (unpaired) electrons. The first-order valence-corrected chi connectivity index (χ1v) is 13.5. The molecule has 1 aliphatic carbocycles. The molecule has 0 unspecified atom stereocenters. The highest BCUT2D eigenvalue weighted by atomic mass is 16.2. The molecule has 2 aromatic carbocycles. The molecule has 3 aliphatic rings. The number of carbonyl (C=O) groups excluding carboxylic acids is 1. The fourth-order valence-electron chi connectivity index (χ4n) is 5.73. The molecule has 3 aromatic rings. The normalized spacial score (nSPS) is 18.9. The van der Waals surface area contributed by atoms with Crippen LogP contribution in [0.3, 0.4) is 0 Å². The van der Waals surface area contributed by atoms with E-state index in [-0.39, 0.29) is 5.91 Å². The van der Waals surface area contributed by atoms with Crippen molar-refractivity contribution in [1.82, 2.24) is 19.8 Å². The van der Waals surface area contributed by atoms with Crippen LogP contribution in [0.5, 0.6) is 0 Å². The van der Waals surface area contributed by atoms with E-state index in [0.717, 1.165) is 74.3 Å². The third-order valence-electron chi connectivity index (χ3n) is 8.17. The second-order valence-electron chi connectivity index (χ2n) is 10.4. The Hall–Kier alpha value is -3.25. The van der Waals surface area contributed by atoms with Crippen molar-refractivity contribution in [2.24, 2.45) is 0 Å². The van der Waals surface area contributed by atoms with Crippen molar-refractivity contribution in [3.8, 4) is 0 Å². The van der Waals surface area contributed by atoms with Crippen LogP contribution >= 0.6 is 0 Å². The minimum Gasteiger partial charge on any atom is -0.338 e. The fraction of sp³-hybridized carbons (Fsp3) is 0.433. The smallest absolute Gasteiger partial charge is 0.254 e. The second kappa shape index (κ2) is 10.4. The van der Waals surface area contributed by atoms with E-state index in [1.165, 1.54) is 30.4 Å². The minimum atomic E-state index is 0.120. The van der Waals surface area contributed by atoms with Crippen LogP contribution in [0.4, 0.5) is 5.95 Å². The molecule has 0 atom stereocenters. The number of carbonyl (C=O) groups is 1. The molecule has 6 nitrogen and oxygen atoms in total. The maximum atomic E-state index is 13.6. The molecular weight excluding hydrogens is 446 g/mol. The summed E-state index contributed by atoms with van der Waals surface area (Å²) in [5, 5.41) is 0. The molecule has 6 heteroatoms. The summed E-state index contributed by atoms with van der Waals surface area (Å²) in [4.78, 5) is 30.3. The van der Waals surface area contributed by atoms with Gasteiger partial charge in [-0.25, -0.2) is 9.97 Å².